The molecule has 0 bridgehead atoms. The first-order chi connectivity index (χ1) is 9.93. The third-order valence-corrected chi connectivity index (χ3v) is 5.00. The Hall–Kier alpha value is -0.970. The molecule has 0 spiro atoms. The Morgan fingerprint density at radius 3 is 2.81 bits per heavy atom. The van der Waals surface area contributed by atoms with Gasteiger partial charge in [-0.25, -0.2) is 0 Å². The van der Waals surface area contributed by atoms with Crippen molar-refractivity contribution >= 4 is 0 Å². The molecule has 118 valence electrons. The number of likely N-dealkylation sites (N-methyl/N-ethyl adjacent to an activating group) is 1. The van der Waals surface area contributed by atoms with Crippen molar-refractivity contribution in [2.75, 3.05) is 20.2 Å². The molecule has 1 fully saturated rings. The van der Waals surface area contributed by atoms with Crippen molar-refractivity contribution in [3.63, 3.8) is 0 Å². The van der Waals surface area contributed by atoms with Gasteiger partial charge in [-0.15, -0.1) is 0 Å². The number of hydrogen-bond acceptors (Lipinski definition) is 4. The summed E-state index contributed by atoms with van der Waals surface area (Å²) in [4.78, 5) is 7.00. The standard InChI is InChI=1S/C17H29N3O/c1-5-16(3)12-17(13-18,9-10-21-16)20(4)11-15-8-6-7-14(2)19-15/h6-8H,5,9-13,18H2,1-4H3. The van der Waals surface area contributed by atoms with Crippen LogP contribution in [-0.2, 0) is 11.3 Å². The fraction of sp³-hybridized carbons (Fsp3) is 0.706. The molecule has 0 aliphatic carbocycles. The Balaban J connectivity index is 2.15. The van der Waals surface area contributed by atoms with Gasteiger partial charge < -0.3 is 10.5 Å². The van der Waals surface area contributed by atoms with Crippen LogP contribution >= 0.6 is 0 Å². The van der Waals surface area contributed by atoms with Gasteiger partial charge >= 0.3 is 0 Å². The monoisotopic (exact) mass is 291 g/mol. The highest BCUT2D eigenvalue weighted by atomic mass is 16.5. The molecule has 1 saturated heterocycles. The van der Waals surface area contributed by atoms with Crippen LogP contribution in [0.25, 0.3) is 0 Å². The lowest BCUT2D eigenvalue weighted by Gasteiger charge is -2.50. The van der Waals surface area contributed by atoms with E-state index in [2.05, 4.69) is 42.9 Å². The van der Waals surface area contributed by atoms with Gasteiger partial charge in [0.2, 0.25) is 0 Å². The predicted molar refractivity (Wildman–Crippen MR) is 86.1 cm³/mol. The maximum Gasteiger partial charge on any atom is 0.0670 e. The quantitative estimate of drug-likeness (QED) is 0.905. The summed E-state index contributed by atoms with van der Waals surface area (Å²) in [6, 6.07) is 6.19. The van der Waals surface area contributed by atoms with E-state index >= 15 is 0 Å². The maximum atomic E-state index is 6.18. The number of ether oxygens (including phenoxy) is 1. The average Bonchev–Trinajstić information content (AvgIpc) is 2.47. The second-order valence-corrected chi connectivity index (χ2v) is 6.63. The van der Waals surface area contributed by atoms with Crippen LogP contribution in [0.5, 0.6) is 0 Å². The molecule has 1 aliphatic heterocycles. The summed E-state index contributed by atoms with van der Waals surface area (Å²) in [5, 5.41) is 0. The molecule has 1 aliphatic rings. The van der Waals surface area contributed by atoms with Crippen molar-refractivity contribution in [1.82, 2.24) is 9.88 Å². The number of rotatable bonds is 5. The van der Waals surface area contributed by atoms with E-state index in [4.69, 9.17) is 10.5 Å². The molecule has 2 unspecified atom stereocenters. The van der Waals surface area contributed by atoms with Crippen LogP contribution in [0, 0.1) is 6.92 Å². The Morgan fingerprint density at radius 2 is 2.19 bits per heavy atom. The van der Waals surface area contributed by atoms with E-state index in [0.717, 1.165) is 43.8 Å². The van der Waals surface area contributed by atoms with Crippen LogP contribution < -0.4 is 5.73 Å². The van der Waals surface area contributed by atoms with Crippen LogP contribution in [0.4, 0.5) is 0 Å². The van der Waals surface area contributed by atoms with Crippen LogP contribution in [0.2, 0.25) is 0 Å². The summed E-state index contributed by atoms with van der Waals surface area (Å²) in [5.41, 5.74) is 8.30. The summed E-state index contributed by atoms with van der Waals surface area (Å²) in [6.07, 6.45) is 2.99. The van der Waals surface area contributed by atoms with Crippen molar-refractivity contribution in [1.29, 1.82) is 0 Å². The minimum Gasteiger partial charge on any atom is -0.375 e. The van der Waals surface area contributed by atoms with Gasteiger partial charge in [0, 0.05) is 30.9 Å². The lowest BCUT2D eigenvalue weighted by Crippen LogP contribution is -2.59. The zero-order valence-electron chi connectivity index (χ0n) is 13.9. The zero-order valence-corrected chi connectivity index (χ0v) is 13.9. The SMILES string of the molecule is CCC1(C)CC(CN)(N(C)Cc2cccc(C)n2)CCO1. The predicted octanol–water partition coefficient (Wildman–Crippen LogP) is 2.50. The summed E-state index contributed by atoms with van der Waals surface area (Å²) >= 11 is 0. The molecule has 0 saturated carbocycles. The highest BCUT2D eigenvalue weighted by Crippen LogP contribution is 2.37. The second kappa shape index (κ2) is 6.42. The number of hydrogen-bond donors (Lipinski definition) is 1. The van der Waals surface area contributed by atoms with Crippen molar-refractivity contribution in [2.24, 2.45) is 5.73 Å². The minimum absolute atomic E-state index is 0.00837. The van der Waals surface area contributed by atoms with E-state index in [1.165, 1.54) is 0 Å². The molecule has 0 amide bonds. The van der Waals surface area contributed by atoms with Gasteiger partial charge in [-0.05, 0) is 52.3 Å². The van der Waals surface area contributed by atoms with E-state index in [1.807, 2.05) is 13.0 Å². The van der Waals surface area contributed by atoms with Gasteiger partial charge in [0.05, 0.1) is 11.3 Å². The van der Waals surface area contributed by atoms with Crippen molar-refractivity contribution in [3.05, 3.63) is 29.6 Å². The van der Waals surface area contributed by atoms with Crippen LogP contribution in [0.1, 0.15) is 44.5 Å². The number of pyridine rings is 1. The Morgan fingerprint density at radius 1 is 1.43 bits per heavy atom. The fourth-order valence-electron chi connectivity index (χ4n) is 3.30. The summed E-state index contributed by atoms with van der Waals surface area (Å²) in [5.74, 6) is 0. The Kier molecular flexibility index (Phi) is 5.02. The number of aryl methyl sites for hydroxylation is 1. The molecule has 4 nitrogen and oxygen atoms in total. The molecule has 21 heavy (non-hydrogen) atoms. The maximum absolute atomic E-state index is 6.18. The summed E-state index contributed by atoms with van der Waals surface area (Å²) in [6.45, 7) is 8.70. The topological polar surface area (TPSA) is 51.4 Å². The molecular weight excluding hydrogens is 262 g/mol. The van der Waals surface area contributed by atoms with Gasteiger partial charge in [-0.1, -0.05) is 13.0 Å². The van der Waals surface area contributed by atoms with Crippen LogP contribution in [0.3, 0.4) is 0 Å². The normalized spacial score (nSPS) is 29.8. The van der Waals surface area contributed by atoms with E-state index < -0.39 is 0 Å². The van der Waals surface area contributed by atoms with Gasteiger partial charge in [0.15, 0.2) is 0 Å². The number of aromatic nitrogens is 1. The van der Waals surface area contributed by atoms with E-state index in [-0.39, 0.29) is 11.1 Å². The molecule has 0 aromatic carbocycles. The molecule has 2 N–H and O–H groups in total. The van der Waals surface area contributed by atoms with Gasteiger partial charge in [0.1, 0.15) is 0 Å². The molecule has 0 radical (unpaired) electrons. The highest BCUT2D eigenvalue weighted by molar-refractivity contribution is 5.11. The Labute approximate surface area is 128 Å². The largest absolute Gasteiger partial charge is 0.375 e. The first-order valence-corrected chi connectivity index (χ1v) is 7.91. The third-order valence-electron chi connectivity index (χ3n) is 5.00. The average molecular weight is 291 g/mol. The molecule has 1 aromatic rings. The molecular formula is C17H29N3O. The third kappa shape index (κ3) is 3.62. The second-order valence-electron chi connectivity index (χ2n) is 6.63. The molecule has 2 atom stereocenters. The molecule has 2 heterocycles. The molecule has 2 rings (SSSR count). The smallest absolute Gasteiger partial charge is 0.0670 e. The minimum atomic E-state index is -0.0636. The lowest BCUT2D eigenvalue weighted by atomic mass is 9.78. The fourth-order valence-corrected chi connectivity index (χ4v) is 3.30. The van der Waals surface area contributed by atoms with Gasteiger partial charge in [-0.3, -0.25) is 9.88 Å². The van der Waals surface area contributed by atoms with Gasteiger partial charge in [0.25, 0.3) is 0 Å². The number of nitrogens with two attached hydrogens (primary N) is 1. The van der Waals surface area contributed by atoms with Gasteiger partial charge in [-0.2, -0.15) is 0 Å². The van der Waals surface area contributed by atoms with Crippen LogP contribution in [0.15, 0.2) is 18.2 Å². The molecule has 4 heteroatoms. The van der Waals surface area contributed by atoms with E-state index in [1.54, 1.807) is 0 Å². The summed E-state index contributed by atoms with van der Waals surface area (Å²) < 4.78 is 5.99. The molecule has 1 aromatic heterocycles. The highest BCUT2D eigenvalue weighted by Gasteiger charge is 2.44. The van der Waals surface area contributed by atoms with E-state index in [0.29, 0.717) is 6.54 Å². The first-order valence-electron chi connectivity index (χ1n) is 7.91. The summed E-state index contributed by atoms with van der Waals surface area (Å²) in [7, 11) is 2.16. The lowest BCUT2D eigenvalue weighted by molar-refractivity contribution is -0.126. The van der Waals surface area contributed by atoms with Crippen molar-refractivity contribution < 1.29 is 4.74 Å². The van der Waals surface area contributed by atoms with E-state index in [9.17, 15) is 0 Å². The zero-order chi connectivity index (χ0) is 15.5. The Bertz CT molecular complexity index is 479. The van der Waals surface area contributed by atoms with Crippen LogP contribution in [-0.4, -0.2) is 41.2 Å². The first kappa shape index (κ1) is 16.4. The van der Waals surface area contributed by atoms with Crippen molar-refractivity contribution in [3.8, 4) is 0 Å². The van der Waals surface area contributed by atoms with Crippen molar-refractivity contribution in [2.45, 2.75) is 57.7 Å². The number of nitrogens with zero attached hydrogens (tertiary/aromatic N) is 2.